The standard InChI is InChI=1S/C19H28ClN3O3S2/c1-14(2)22-11-7-15(8-12-22)23-10-3-4-17(19(23)24)21-28(25,26)13-9-16-5-6-18(20)27-16/h4-6,14-15,21H,3,7-13H2,1-2H3. The van der Waals surface area contributed by atoms with E-state index in [2.05, 4.69) is 23.5 Å². The summed E-state index contributed by atoms with van der Waals surface area (Å²) in [7, 11) is -3.59. The average Bonchev–Trinajstić information content (AvgIpc) is 3.07. The number of aryl methyl sites for hydroxylation is 1. The maximum absolute atomic E-state index is 12.9. The molecule has 2 aliphatic heterocycles. The summed E-state index contributed by atoms with van der Waals surface area (Å²) in [4.78, 5) is 18.1. The molecule has 9 heteroatoms. The molecular formula is C19H28ClN3O3S2. The monoisotopic (exact) mass is 445 g/mol. The minimum atomic E-state index is -3.59. The van der Waals surface area contributed by atoms with Crippen LogP contribution >= 0.6 is 22.9 Å². The van der Waals surface area contributed by atoms with Crippen molar-refractivity contribution in [2.75, 3.05) is 25.4 Å². The van der Waals surface area contributed by atoms with Crippen LogP contribution in [-0.4, -0.2) is 61.6 Å². The van der Waals surface area contributed by atoms with Crippen LogP contribution in [0.25, 0.3) is 0 Å². The minimum absolute atomic E-state index is 0.0682. The van der Waals surface area contributed by atoms with E-state index in [1.165, 1.54) is 11.3 Å². The molecule has 0 atom stereocenters. The van der Waals surface area contributed by atoms with E-state index in [4.69, 9.17) is 11.6 Å². The van der Waals surface area contributed by atoms with E-state index < -0.39 is 10.0 Å². The highest BCUT2D eigenvalue weighted by Gasteiger charge is 2.32. The Morgan fingerprint density at radius 3 is 2.57 bits per heavy atom. The van der Waals surface area contributed by atoms with E-state index in [-0.39, 0.29) is 23.4 Å². The van der Waals surface area contributed by atoms with Crippen molar-refractivity contribution in [2.45, 2.75) is 51.6 Å². The molecule has 0 radical (unpaired) electrons. The second-order valence-corrected chi connectivity index (χ2v) is 11.3. The van der Waals surface area contributed by atoms with Gasteiger partial charge >= 0.3 is 0 Å². The number of piperidine rings is 1. The maximum Gasteiger partial charge on any atom is 0.270 e. The number of carbonyl (C=O) groups excluding carboxylic acids is 1. The molecule has 6 nitrogen and oxygen atoms in total. The van der Waals surface area contributed by atoms with Gasteiger partial charge in [-0.25, -0.2) is 8.42 Å². The normalized spacial score (nSPS) is 19.9. The number of thiophene rings is 1. The molecule has 1 amide bonds. The van der Waals surface area contributed by atoms with Gasteiger partial charge in [-0.05, 0) is 51.7 Å². The van der Waals surface area contributed by atoms with Gasteiger partial charge in [-0.3, -0.25) is 9.52 Å². The Labute approximate surface area is 176 Å². The quantitative estimate of drug-likeness (QED) is 0.700. The molecule has 1 saturated heterocycles. The van der Waals surface area contributed by atoms with Crippen LogP contribution in [0.5, 0.6) is 0 Å². The third-order valence-electron chi connectivity index (χ3n) is 5.39. The van der Waals surface area contributed by atoms with Crippen molar-refractivity contribution >= 4 is 38.9 Å². The molecule has 0 bridgehead atoms. The number of amides is 1. The van der Waals surface area contributed by atoms with Crippen LogP contribution in [0.15, 0.2) is 23.9 Å². The van der Waals surface area contributed by atoms with E-state index >= 15 is 0 Å². The molecule has 0 unspecified atom stereocenters. The van der Waals surface area contributed by atoms with Crippen LogP contribution in [0.2, 0.25) is 4.34 Å². The van der Waals surface area contributed by atoms with E-state index in [1.54, 1.807) is 12.1 Å². The number of hydrogen-bond acceptors (Lipinski definition) is 5. The molecule has 2 aliphatic rings. The topological polar surface area (TPSA) is 69.7 Å². The molecular weight excluding hydrogens is 418 g/mol. The fourth-order valence-electron chi connectivity index (χ4n) is 3.78. The third-order valence-corrected chi connectivity index (χ3v) is 7.95. The van der Waals surface area contributed by atoms with Gasteiger partial charge in [0, 0.05) is 36.6 Å². The molecule has 1 fully saturated rings. The van der Waals surface area contributed by atoms with Crippen molar-refractivity contribution in [1.29, 1.82) is 0 Å². The lowest BCUT2D eigenvalue weighted by Gasteiger charge is -2.41. The van der Waals surface area contributed by atoms with Crippen molar-refractivity contribution < 1.29 is 13.2 Å². The van der Waals surface area contributed by atoms with Crippen molar-refractivity contribution in [3.8, 4) is 0 Å². The Kier molecular flexibility index (Phi) is 7.07. The minimum Gasteiger partial charge on any atom is -0.334 e. The van der Waals surface area contributed by atoms with Crippen molar-refractivity contribution in [1.82, 2.24) is 14.5 Å². The van der Waals surface area contributed by atoms with Crippen LogP contribution in [0.3, 0.4) is 0 Å². The summed E-state index contributed by atoms with van der Waals surface area (Å²) >= 11 is 7.27. The number of nitrogens with one attached hydrogen (secondary N) is 1. The van der Waals surface area contributed by atoms with E-state index in [9.17, 15) is 13.2 Å². The summed E-state index contributed by atoms with van der Waals surface area (Å²) in [6.45, 7) is 6.98. The zero-order valence-corrected chi connectivity index (χ0v) is 18.7. The van der Waals surface area contributed by atoms with Crippen LogP contribution in [-0.2, 0) is 21.2 Å². The van der Waals surface area contributed by atoms with Gasteiger partial charge in [0.05, 0.1) is 10.1 Å². The Balaban J connectivity index is 1.57. The maximum atomic E-state index is 12.9. The van der Waals surface area contributed by atoms with Gasteiger partial charge in [0.2, 0.25) is 10.0 Å². The van der Waals surface area contributed by atoms with Gasteiger partial charge < -0.3 is 9.80 Å². The smallest absolute Gasteiger partial charge is 0.270 e. The van der Waals surface area contributed by atoms with Crippen molar-refractivity contribution in [3.05, 3.63) is 33.1 Å². The third kappa shape index (κ3) is 5.49. The molecule has 3 rings (SSSR count). The number of sulfonamides is 1. The second-order valence-electron chi connectivity index (χ2n) is 7.64. The molecule has 0 aromatic carbocycles. The summed E-state index contributed by atoms with van der Waals surface area (Å²) in [6, 6.07) is 4.29. The summed E-state index contributed by atoms with van der Waals surface area (Å²) < 4.78 is 28.1. The number of nitrogens with zero attached hydrogens (tertiary/aromatic N) is 2. The Morgan fingerprint density at radius 1 is 1.25 bits per heavy atom. The molecule has 1 aromatic rings. The number of hydrogen-bond donors (Lipinski definition) is 1. The first-order valence-electron chi connectivity index (χ1n) is 9.75. The van der Waals surface area contributed by atoms with E-state index in [1.807, 2.05) is 11.0 Å². The number of halogens is 1. The highest BCUT2D eigenvalue weighted by atomic mass is 35.5. The van der Waals surface area contributed by atoms with Crippen LogP contribution in [0, 0.1) is 0 Å². The predicted molar refractivity (Wildman–Crippen MR) is 114 cm³/mol. The van der Waals surface area contributed by atoms with Crippen LogP contribution in [0.1, 0.15) is 38.0 Å². The van der Waals surface area contributed by atoms with Gasteiger partial charge in [0.1, 0.15) is 5.70 Å². The fourth-order valence-corrected chi connectivity index (χ4v) is 6.09. The van der Waals surface area contributed by atoms with E-state index in [0.29, 0.717) is 29.8 Å². The Bertz CT molecular complexity index is 827. The first-order chi connectivity index (χ1) is 13.2. The molecule has 0 spiro atoms. The lowest BCUT2D eigenvalue weighted by molar-refractivity contribution is -0.131. The van der Waals surface area contributed by atoms with Crippen LogP contribution < -0.4 is 4.72 Å². The first-order valence-corrected chi connectivity index (χ1v) is 12.6. The zero-order valence-electron chi connectivity index (χ0n) is 16.4. The summed E-state index contributed by atoms with van der Waals surface area (Å²) in [6.07, 6.45) is 4.63. The SMILES string of the molecule is CC(C)N1CCC(N2CCC=C(NS(=O)(=O)CCc3ccc(Cl)s3)C2=O)CC1. The number of rotatable bonds is 7. The lowest BCUT2D eigenvalue weighted by atomic mass is 10.00. The largest absolute Gasteiger partial charge is 0.334 e. The highest BCUT2D eigenvalue weighted by molar-refractivity contribution is 7.89. The molecule has 0 aliphatic carbocycles. The van der Waals surface area contributed by atoms with E-state index in [0.717, 1.165) is 30.8 Å². The summed E-state index contributed by atoms with van der Waals surface area (Å²) in [5.41, 5.74) is 0.196. The molecule has 1 N–H and O–H groups in total. The van der Waals surface area contributed by atoms with Gasteiger partial charge in [0.25, 0.3) is 5.91 Å². The van der Waals surface area contributed by atoms with Crippen molar-refractivity contribution in [2.24, 2.45) is 0 Å². The predicted octanol–water partition coefficient (Wildman–Crippen LogP) is 2.85. The molecule has 28 heavy (non-hydrogen) atoms. The Hall–Kier alpha value is -1.09. The van der Waals surface area contributed by atoms with Crippen molar-refractivity contribution in [3.63, 3.8) is 0 Å². The highest BCUT2D eigenvalue weighted by Crippen LogP contribution is 2.24. The number of likely N-dealkylation sites (tertiary alicyclic amines) is 1. The number of carbonyl (C=O) groups is 1. The lowest BCUT2D eigenvalue weighted by Crippen LogP contribution is -2.52. The second kappa shape index (κ2) is 9.15. The van der Waals surface area contributed by atoms with Gasteiger partial charge in [-0.15, -0.1) is 11.3 Å². The van der Waals surface area contributed by atoms with Gasteiger partial charge in [-0.1, -0.05) is 17.7 Å². The average molecular weight is 446 g/mol. The van der Waals surface area contributed by atoms with Crippen LogP contribution in [0.4, 0.5) is 0 Å². The van der Waals surface area contributed by atoms with Gasteiger partial charge in [-0.2, -0.15) is 0 Å². The molecule has 0 saturated carbocycles. The molecule has 1 aromatic heterocycles. The van der Waals surface area contributed by atoms with Gasteiger partial charge in [0.15, 0.2) is 0 Å². The summed E-state index contributed by atoms with van der Waals surface area (Å²) in [5, 5.41) is 0. The summed E-state index contributed by atoms with van der Waals surface area (Å²) in [5.74, 6) is -0.265. The first kappa shape index (κ1) is 21.6. The Morgan fingerprint density at radius 2 is 1.96 bits per heavy atom. The fraction of sp³-hybridized carbons (Fsp3) is 0.632. The zero-order chi connectivity index (χ0) is 20.3. The molecule has 156 valence electrons. The molecule has 3 heterocycles.